The molecule has 82 valence electrons. The summed E-state index contributed by atoms with van der Waals surface area (Å²) in [6, 6.07) is 4.66. The fourth-order valence-electron chi connectivity index (χ4n) is 1.04. The van der Waals surface area contributed by atoms with Gasteiger partial charge in [-0.1, -0.05) is 0 Å². The molecule has 0 aromatic heterocycles. The van der Waals surface area contributed by atoms with Crippen molar-refractivity contribution in [1.29, 1.82) is 0 Å². The standard InChI is InChI=1S/C9H10ClNO3S/c1-14-7-2-3-8(11(12)13)9(6-7)15-5-4-10/h2-3,6H,4-5H2,1H3. The van der Waals surface area contributed by atoms with Crippen LogP contribution < -0.4 is 4.74 Å². The molecule has 0 saturated carbocycles. The van der Waals surface area contributed by atoms with Crippen molar-refractivity contribution in [2.45, 2.75) is 4.90 Å². The van der Waals surface area contributed by atoms with Gasteiger partial charge in [0.2, 0.25) is 0 Å². The van der Waals surface area contributed by atoms with Crippen LogP contribution in [0.25, 0.3) is 0 Å². The van der Waals surface area contributed by atoms with Crippen molar-refractivity contribution >= 4 is 29.1 Å². The molecule has 15 heavy (non-hydrogen) atoms. The summed E-state index contributed by atoms with van der Waals surface area (Å²) in [7, 11) is 1.52. The lowest BCUT2D eigenvalue weighted by molar-refractivity contribution is -0.387. The molecule has 0 unspecified atom stereocenters. The number of nitro benzene ring substituents is 1. The Morgan fingerprint density at radius 2 is 2.33 bits per heavy atom. The van der Waals surface area contributed by atoms with E-state index in [1.54, 1.807) is 12.1 Å². The van der Waals surface area contributed by atoms with Gasteiger partial charge in [0.05, 0.1) is 16.9 Å². The van der Waals surface area contributed by atoms with E-state index in [0.29, 0.717) is 22.3 Å². The van der Waals surface area contributed by atoms with Gasteiger partial charge in [-0.15, -0.1) is 23.4 Å². The molecule has 0 aliphatic heterocycles. The molecule has 6 heteroatoms. The van der Waals surface area contributed by atoms with E-state index >= 15 is 0 Å². The van der Waals surface area contributed by atoms with Gasteiger partial charge >= 0.3 is 0 Å². The van der Waals surface area contributed by atoms with E-state index in [-0.39, 0.29) is 5.69 Å². The van der Waals surface area contributed by atoms with Gasteiger partial charge in [0, 0.05) is 23.8 Å². The van der Waals surface area contributed by atoms with Crippen LogP contribution in [-0.2, 0) is 0 Å². The number of ether oxygens (including phenoxy) is 1. The number of hydrogen-bond donors (Lipinski definition) is 0. The van der Waals surface area contributed by atoms with Crippen molar-refractivity contribution in [3.05, 3.63) is 28.3 Å². The van der Waals surface area contributed by atoms with Crippen molar-refractivity contribution in [2.75, 3.05) is 18.7 Å². The Bertz CT molecular complexity index is 359. The van der Waals surface area contributed by atoms with Crippen LogP contribution in [-0.4, -0.2) is 23.7 Å². The molecule has 4 nitrogen and oxygen atoms in total. The van der Waals surface area contributed by atoms with E-state index in [4.69, 9.17) is 16.3 Å². The van der Waals surface area contributed by atoms with E-state index in [1.807, 2.05) is 0 Å². The third kappa shape index (κ3) is 3.28. The number of benzene rings is 1. The molecule has 1 aromatic rings. The fraction of sp³-hybridized carbons (Fsp3) is 0.333. The smallest absolute Gasteiger partial charge is 0.283 e. The average molecular weight is 248 g/mol. The highest BCUT2D eigenvalue weighted by Crippen LogP contribution is 2.32. The first-order chi connectivity index (χ1) is 7.19. The first-order valence-electron chi connectivity index (χ1n) is 4.20. The van der Waals surface area contributed by atoms with Crippen LogP contribution in [0, 0.1) is 10.1 Å². The molecule has 0 N–H and O–H groups in total. The second kappa shape index (κ2) is 5.82. The number of rotatable bonds is 5. The average Bonchev–Trinajstić information content (AvgIpc) is 2.25. The Morgan fingerprint density at radius 3 is 2.87 bits per heavy atom. The maximum Gasteiger partial charge on any atom is 0.283 e. The second-order valence-electron chi connectivity index (χ2n) is 2.63. The summed E-state index contributed by atoms with van der Waals surface area (Å²) >= 11 is 6.89. The lowest BCUT2D eigenvalue weighted by Gasteiger charge is -2.04. The predicted molar refractivity (Wildman–Crippen MR) is 61.1 cm³/mol. The minimum Gasteiger partial charge on any atom is -0.497 e. The fourth-order valence-corrected chi connectivity index (χ4v) is 2.05. The van der Waals surface area contributed by atoms with Gasteiger partial charge in [-0.2, -0.15) is 0 Å². The topological polar surface area (TPSA) is 52.4 Å². The highest BCUT2D eigenvalue weighted by atomic mass is 35.5. The molecule has 0 fully saturated rings. The molecular formula is C9H10ClNO3S. The quantitative estimate of drug-likeness (QED) is 0.347. The van der Waals surface area contributed by atoms with Gasteiger partial charge < -0.3 is 4.74 Å². The summed E-state index contributed by atoms with van der Waals surface area (Å²) in [5, 5.41) is 10.7. The Kier molecular flexibility index (Phi) is 4.71. The largest absolute Gasteiger partial charge is 0.497 e. The van der Waals surface area contributed by atoms with Crippen LogP contribution in [0.1, 0.15) is 0 Å². The number of methoxy groups -OCH3 is 1. The number of halogens is 1. The van der Waals surface area contributed by atoms with Crippen molar-refractivity contribution < 1.29 is 9.66 Å². The molecule has 0 bridgehead atoms. The van der Waals surface area contributed by atoms with Crippen LogP contribution in [0.3, 0.4) is 0 Å². The normalized spacial score (nSPS) is 10.0. The van der Waals surface area contributed by atoms with E-state index in [0.717, 1.165) is 0 Å². The SMILES string of the molecule is COc1ccc([N+](=O)[O-])c(SCCCl)c1. The highest BCUT2D eigenvalue weighted by molar-refractivity contribution is 7.99. The lowest BCUT2D eigenvalue weighted by Crippen LogP contribution is -1.93. The van der Waals surface area contributed by atoms with Gasteiger partial charge in [0.1, 0.15) is 5.75 Å². The van der Waals surface area contributed by atoms with Crippen LogP contribution in [0.15, 0.2) is 23.1 Å². The van der Waals surface area contributed by atoms with Crippen molar-refractivity contribution in [1.82, 2.24) is 0 Å². The first-order valence-corrected chi connectivity index (χ1v) is 5.72. The molecule has 1 rings (SSSR count). The number of thioether (sulfide) groups is 1. The van der Waals surface area contributed by atoms with Crippen molar-refractivity contribution in [3.8, 4) is 5.75 Å². The molecule has 0 radical (unpaired) electrons. The maximum absolute atomic E-state index is 10.7. The first kappa shape index (κ1) is 12.1. The van der Waals surface area contributed by atoms with Crippen molar-refractivity contribution in [2.24, 2.45) is 0 Å². The second-order valence-corrected chi connectivity index (χ2v) is 4.14. The van der Waals surface area contributed by atoms with Gasteiger partial charge in [-0.05, 0) is 6.07 Å². The Labute approximate surface area is 96.7 Å². The number of hydrogen-bond acceptors (Lipinski definition) is 4. The number of nitro groups is 1. The minimum absolute atomic E-state index is 0.0888. The van der Waals surface area contributed by atoms with E-state index < -0.39 is 4.92 Å². The van der Waals surface area contributed by atoms with Gasteiger partial charge in [0.25, 0.3) is 5.69 Å². The Hall–Kier alpha value is -0.940. The third-order valence-electron chi connectivity index (χ3n) is 1.70. The third-order valence-corrected chi connectivity index (χ3v) is 3.16. The zero-order valence-corrected chi connectivity index (χ0v) is 9.68. The predicted octanol–water partition coefficient (Wildman–Crippen LogP) is 2.93. The Morgan fingerprint density at radius 1 is 1.60 bits per heavy atom. The summed E-state index contributed by atoms with van der Waals surface area (Å²) in [5.41, 5.74) is 0.0888. The molecular weight excluding hydrogens is 238 g/mol. The monoisotopic (exact) mass is 247 g/mol. The molecule has 0 aliphatic rings. The van der Waals surface area contributed by atoms with Crippen LogP contribution in [0.4, 0.5) is 5.69 Å². The summed E-state index contributed by atoms with van der Waals surface area (Å²) in [6.45, 7) is 0. The van der Waals surface area contributed by atoms with Gasteiger partial charge in [0.15, 0.2) is 0 Å². The molecule has 0 amide bonds. The van der Waals surface area contributed by atoms with Crippen molar-refractivity contribution in [3.63, 3.8) is 0 Å². The minimum atomic E-state index is -0.407. The summed E-state index contributed by atoms with van der Waals surface area (Å²) in [6.07, 6.45) is 0. The van der Waals surface area contributed by atoms with E-state index in [2.05, 4.69) is 0 Å². The van der Waals surface area contributed by atoms with Crippen LogP contribution in [0.2, 0.25) is 0 Å². The summed E-state index contributed by atoms with van der Waals surface area (Å²) < 4.78 is 5.00. The zero-order valence-electron chi connectivity index (χ0n) is 8.10. The summed E-state index contributed by atoms with van der Waals surface area (Å²) in [5.74, 6) is 1.70. The maximum atomic E-state index is 10.7. The van der Waals surface area contributed by atoms with E-state index in [1.165, 1.54) is 24.9 Å². The molecule has 0 heterocycles. The van der Waals surface area contributed by atoms with Crippen LogP contribution >= 0.6 is 23.4 Å². The molecule has 0 aliphatic carbocycles. The molecule has 0 atom stereocenters. The molecule has 0 spiro atoms. The number of nitrogens with zero attached hydrogens (tertiary/aromatic N) is 1. The summed E-state index contributed by atoms with van der Waals surface area (Å²) in [4.78, 5) is 10.9. The van der Waals surface area contributed by atoms with Gasteiger partial charge in [-0.3, -0.25) is 10.1 Å². The lowest BCUT2D eigenvalue weighted by atomic mass is 10.3. The molecule has 1 aromatic carbocycles. The van der Waals surface area contributed by atoms with Gasteiger partial charge in [-0.25, -0.2) is 0 Å². The number of alkyl halides is 1. The van der Waals surface area contributed by atoms with E-state index in [9.17, 15) is 10.1 Å². The zero-order chi connectivity index (χ0) is 11.3. The highest BCUT2D eigenvalue weighted by Gasteiger charge is 2.14. The molecule has 0 saturated heterocycles. The van der Waals surface area contributed by atoms with Crippen LogP contribution in [0.5, 0.6) is 5.75 Å². The Balaban J connectivity index is 2.99.